The molecule has 0 bridgehead atoms. The molecule has 31 heavy (non-hydrogen) atoms. The topological polar surface area (TPSA) is 106 Å². The van der Waals surface area contributed by atoms with Gasteiger partial charge in [-0.3, -0.25) is 4.57 Å². The van der Waals surface area contributed by atoms with Crippen molar-refractivity contribution in [2.75, 3.05) is 12.2 Å². The monoisotopic (exact) mass is 462 g/mol. The Kier molecular flexibility index (Phi) is 6.28. The Hall–Kier alpha value is -2.67. The molecule has 3 aromatic rings. The highest BCUT2D eigenvalue weighted by molar-refractivity contribution is 7.67. The van der Waals surface area contributed by atoms with Gasteiger partial charge >= 0.3 is 13.5 Å². The van der Waals surface area contributed by atoms with E-state index >= 15 is 0 Å². The molecule has 0 saturated heterocycles. The van der Waals surface area contributed by atoms with Gasteiger partial charge in [0.1, 0.15) is 0 Å². The lowest BCUT2D eigenvalue weighted by atomic mass is 9.87. The molecule has 1 heterocycles. The van der Waals surface area contributed by atoms with E-state index in [0.29, 0.717) is 22.1 Å². The molecule has 1 atom stereocenters. The number of nitrogens with one attached hydrogen (secondary N) is 1. The summed E-state index contributed by atoms with van der Waals surface area (Å²) in [7, 11) is -2.73. The van der Waals surface area contributed by atoms with E-state index in [9.17, 15) is 14.3 Å². The molecule has 0 aliphatic heterocycles. The zero-order valence-corrected chi connectivity index (χ0v) is 19.5. The number of ether oxygens (including phenoxy) is 1. The highest BCUT2D eigenvalue weighted by atomic mass is 35.5. The summed E-state index contributed by atoms with van der Waals surface area (Å²) < 4.78 is 19.2. The minimum atomic E-state index is -3.98. The first-order valence-corrected chi connectivity index (χ1v) is 11.5. The predicted molar refractivity (Wildman–Crippen MR) is 121 cm³/mol. The Morgan fingerprint density at radius 2 is 1.84 bits per heavy atom. The second-order valence-electron chi connectivity index (χ2n) is 8.07. The lowest BCUT2D eigenvalue weighted by Crippen LogP contribution is -2.16. The van der Waals surface area contributed by atoms with Gasteiger partial charge in [0.2, 0.25) is 0 Å². The molecule has 0 spiro atoms. The van der Waals surface area contributed by atoms with Crippen molar-refractivity contribution in [3.8, 4) is 5.69 Å². The molecule has 164 valence electrons. The number of carbonyl (C=O) groups is 1. The van der Waals surface area contributed by atoms with Gasteiger partial charge in [0.25, 0.3) is 0 Å². The lowest BCUT2D eigenvalue weighted by molar-refractivity contribution is 0.0593. The highest BCUT2D eigenvalue weighted by Gasteiger charge is 2.26. The summed E-state index contributed by atoms with van der Waals surface area (Å²) in [6.07, 6.45) is 0. The maximum Gasteiger partial charge on any atom is 0.360 e. The third kappa shape index (κ3) is 4.82. The van der Waals surface area contributed by atoms with Gasteiger partial charge in [-0.25, -0.2) is 9.48 Å². The molecule has 1 aromatic heterocycles. The fourth-order valence-corrected chi connectivity index (χ4v) is 4.37. The van der Waals surface area contributed by atoms with Crippen LogP contribution in [-0.2, 0) is 14.7 Å². The molecule has 0 fully saturated rings. The van der Waals surface area contributed by atoms with Crippen molar-refractivity contribution in [2.24, 2.45) is 0 Å². The number of hydrogen-bond acceptors (Lipinski definition) is 5. The van der Waals surface area contributed by atoms with E-state index in [1.54, 1.807) is 37.3 Å². The number of carbonyl (C=O) groups excluding carboxylic acids is 1. The number of methoxy groups -OCH3 is 1. The van der Waals surface area contributed by atoms with Crippen molar-refractivity contribution in [1.82, 2.24) is 15.0 Å². The van der Waals surface area contributed by atoms with E-state index in [1.807, 2.05) is 12.1 Å². The van der Waals surface area contributed by atoms with Crippen LogP contribution < -0.4 is 10.4 Å². The van der Waals surface area contributed by atoms with Crippen molar-refractivity contribution in [2.45, 2.75) is 33.1 Å². The van der Waals surface area contributed by atoms with Crippen molar-refractivity contribution in [1.29, 1.82) is 0 Å². The Balaban J connectivity index is 2.00. The average molecular weight is 463 g/mol. The first-order chi connectivity index (χ1) is 14.4. The average Bonchev–Trinajstić information content (AvgIpc) is 3.09. The standard InChI is InChI=1S/C21H24ClN4O4P/c1-13-19(20(27)30-5)23-25-26(13)18-12-15(22)8-11-17(18)24-31(28,29)16-9-6-14(7-10-16)21(2,3)4/h6-12H,1-5H3,(H2,24,28,29). The van der Waals surface area contributed by atoms with Crippen LogP contribution in [0, 0.1) is 6.92 Å². The van der Waals surface area contributed by atoms with Crippen LogP contribution in [0.2, 0.25) is 5.02 Å². The van der Waals surface area contributed by atoms with E-state index < -0.39 is 13.5 Å². The molecule has 0 amide bonds. The van der Waals surface area contributed by atoms with Crippen LogP contribution in [0.1, 0.15) is 42.5 Å². The van der Waals surface area contributed by atoms with E-state index in [4.69, 9.17) is 16.3 Å². The number of esters is 1. The number of hydrogen-bond donors (Lipinski definition) is 2. The normalized spacial score (nSPS) is 13.5. The van der Waals surface area contributed by atoms with Crippen LogP contribution in [0.15, 0.2) is 42.5 Å². The fourth-order valence-electron chi connectivity index (χ4n) is 3.01. The Bertz CT molecular complexity index is 1170. The van der Waals surface area contributed by atoms with Crippen molar-refractivity contribution < 1.29 is 19.0 Å². The number of benzene rings is 2. The highest BCUT2D eigenvalue weighted by Crippen LogP contribution is 2.42. The molecule has 0 aliphatic rings. The molecule has 2 aromatic carbocycles. The second kappa shape index (κ2) is 8.46. The van der Waals surface area contributed by atoms with Gasteiger partial charge in [0, 0.05) is 5.02 Å². The van der Waals surface area contributed by atoms with Gasteiger partial charge in [-0.2, -0.15) is 0 Å². The smallest absolute Gasteiger partial charge is 0.360 e. The zero-order valence-electron chi connectivity index (χ0n) is 17.9. The van der Waals surface area contributed by atoms with Gasteiger partial charge in [-0.05, 0) is 48.2 Å². The van der Waals surface area contributed by atoms with E-state index in [-0.39, 0.29) is 16.4 Å². The Morgan fingerprint density at radius 1 is 1.19 bits per heavy atom. The van der Waals surface area contributed by atoms with Crippen LogP contribution in [-0.4, -0.2) is 33.0 Å². The summed E-state index contributed by atoms with van der Waals surface area (Å²) in [5, 5.41) is 11.2. The number of halogens is 1. The SMILES string of the molecule is COC(=O)c1nnn(-c2cc(Cl)ccc2NP(=O)(O)c2ccc(C(C)(C)C)cc2)c1C. The molecule has 2 N–H and O–H groups in total. The zero-order chi connectivity index (χ0) is 23.0. The van der Waals surface area contributed by atoms with Gasteiger partial charge in [-0.15, -0.1) is 5.10 Å². The first-order valence-electron chi connectivity index (χ1n) is 9.47. The minimum Gasteiger partial charge on any atom is -0.464 e. The molecule has 1 unspecified atom stereocenters. The molecular weight excluding hydrogens is 439 g/mol. The quantitative estimate of drug-likeness (QED) is 0.431. The maximum absolute atomic E-state index is 13.2. The lowest BCUT2D eigenvalue weighted by Gasteiger charge is -2.21. The maximum atomic E-state index is 13.2. The van der Waals surface area contributed by atoms with Gasteiger partial charge in [-0.1, -0.05) is 49.7 Å². The Labute approximate surface area is 185 Å². The molecule has 3 rings (SSSR count). The fraction of sp³-hybridized carbons (Fsp3) is 0.286. The minimum absolute atomic E-state index is 0.0402. The summed E-state index contributed by atoms with van der Waals surface area (Å²) in [5.74, 6) is -0.632. The van der Waals surface area contributed by atoms with Gasteiger partial charge in [0.15, 0.2) is 5.69 Å². The molecule has 8 nitrogen and oxygen atoms in total. The number of nitrogens with zero attached hydrogens (tertiary/aromatic N) is 3. The van der Waals surface area contributed by atoms with Crippen LogP contribution in [0.3, 0.4) is 0 Å². The van der Waals surface area contributed by atoms with Crippen LogP contribution in [0.5, 0.6) is 0 Å². The van der Waals surface area contributed by atoms with Crippen LogP contribution >= 0.6 is 19.1 Å². The van der Waals surface area contributed by atoms with E-state index in [2.05, 4.69) is 36.2 Å². The number of anilines is 1. The van der Waals surface area contributed by atoms with Gasteiger partial charge < -0.3 is 14.7 Å². The summed E-state index contributed by atoms with van der Waals surface area (Å²) in [4.78, 5) is 22.6. The van der Waals surface area contributed by atoms with E-state index in [0.717, 1.165) is 5.56 Å². The summed E-state index contributed by atoms with van der Waals surface area (Å²) in [6.45, 7) is 7.85. The second-order valence-corrected chi connectivity index (χ2v) is 10.4. The van der Waals surface area contributed by atoms with Crippen molar-refractivity contribution in [3.63, 3.8) is 0 Å². The summed E-state index contributed by atoms with van der Waals surface area (Å²) >= 11 is 6.15. The number of aromatic nitrogens is 3. The summed E-state index contributed by atoms with van der Waals surface area (Å²) in [5.41, 5.74) is 2.10. The first kappa shape index (κ1) is 23.0. The molecule has 0 saturated carbocycles. The predicted octanol–water partition coefficient (Wildman–Crippen LogP) is 4.24. The van der Waals surface area contributed by atoms with Gasteiger partial charge in [0.05, 0.1) is 29.5 Å². The van der Waals surface area contributed by atoms with Crippen LogP contribution in [0.25, 0.3) is 5.69 Å². The molecule has 10 heteroatoms. The Morgan fingerprint density at radius 3 is 2.42 bits per heavy atom. The third-order valence-electron chi connectivity index (χ3n) is 4.82. The largest absolute Gasteiger partial charge is 0.464 e. The molecule has 0 aliphatic carbocycles. The molecule has 0 radical (unpaired) electrons. The number of rotatable bonds is 5. The van der Waals surface area contributed by atoms with Crippen LogP contribution in [0.4, 0.5) is 5.69 Å². The molecular formula is C21H24ClN4O4P. The van der Waals surface area contributed by atoms with Crippen molar-refractivity contribution >= 4 is 36.1 Å². The summed E-state index contributed by atoms with van der Waals surface area (Å²) in [6, 6.07) is 11.7. The van der Waals surface area contributed by atoms with Crippen molar-refractivity contribution in [3.05, 3.63) is 64.4 Å². The van der Waals surface area contributed by atoms with E-state index in [1.165, 1.54) is 11.8 Å². The third-order valence-corrected chi connectivity index (χ3v) is 6.59.